The van der Waals surface area contributed by atoms with Crippen LogP contribution in [0.1, 0.15) is 10.4 Å². The molecular weight excluding hydrogens is 316 g/mol. The Morgan fingerprint density at radius 1 is 1.27 bits per heavy atom. The second kappa shape index (κ2) is 6.37. The minimum atomic E-state index is -0.189. The van der Waals surface area contributed by atoms with Crippen LogP contribution in [0.25, 0.3) is 10.2 Å². The van der Waals surface area contributed by atoms with Crippen molar-refractivity contribution in [2.45, 2.75) is 4.34 Å². The Balaban J connectivity index is 1.87. The number of anilines is 1. The summed E-state index contributed by atoms with van der Waals surface area (Å²) in [5, 5.41) is 2.91. The van der Waals surface area contributed by atoms with Crippen molar-refractivity contribution in [3.63, 3.8) is 0 Å². The SMILES string of the molecule is COc1ccccc1C(=O)Nc1ccc2nc(SC)sc2c1. The van der Waals surface area contributed by atoms with E-state index in [4.69, 9.17) is 4.74 Å². The number of aromatic nitrogens is 1. The van der Waals surface area contributed by atoms with E-state index in [1.165, 1.54) is 0 Å². The maximum atomic E-state index is 12.4. The lowest BCUT2D eigenvalue weighted by atomic mass is 10.2. The highest BCUT2D eigenvalue weighted by molar-refractivity contribution is 8.00. The first-order chi connectivity index (χ1) is 10.7. The highest BCUT2D eigenvalue weighted by Gasteiger charge is 2.12. The first-order valence-electron chi connectivity index (χ1n) is 6.60. The lowest BCUT2D eigenvalue weighted by Gasteiger charge is -2.09. The van der Waals surface area contributed by atoms with Gasteiger partial charge in [0.05, 0.1) is 22.9 Å². The molecule has 0 atom stereocenters. The van der Waals surface area contributed by atoms with Gasteiger partial charge < -0.3 is 10.1 Å². The van der Waals surface area contributed by atoms with Crippen molar-refractivity contribution >= 4 is 44.9 Å². The molecule has 0 radical (unpaired) electrons. The number of amides is 1. The Kier molecular flexibility index (Phi) is 4.31. The summed E-state index contributed by atoms with van der Waals surface area (Å²) in [6.07, 6.45) is 2.00. The average Bonchev–Trinajstić information content (AvgIpc) is 2.97. The minimum absolute atomic E-state index is 0.189. The predicted molar refractivity (Wildman–Crippen MR) is 92.3 cm³/mol. The van der Waals surface area contributed by atoms with Crippen molar-refractivity contribution < 1.29 is 9.53 Å². The molecule has 0 fully saturated rings. The third-order valence-corrected chi connectivity index (χ3v) is 5.16. The van der Waals surface area contributed by atoms with Gasteiger partial charge in [0.15, 0.2) is 4.34 Å². The zero-order valence-electron chi connectivity index (χ0n) is 12.1. The Morgan fingerprint density at radius 2 is 2.09 bits per heavy atom. The van der Waals surface area contributed by atoms with Gasteiger partial charge in [-0.15, -0.1) is 11.3 Å². The number of hydrogen-bond acceptors (Lipinski definition) is 5. The summed E-state index contributed by atoms with van der Waals surface area (Å²) in [6, 6.07) is 12.9. The van der Waals surface area contributed by atoms with Crippen molar-refractivity contribution in [2.24, 2.45) is 0 Å². The summed E-state index contributed by atoms with van der Waals surface area (Å²) in [5.74, 6) is 0.370. The number of thiazole rings is 1. The largest absolute Gasteiger partial charge is 0.496 e. The average molecular weight is 330 g/mol. The molecule has 0 aliphatic heterocycles. The number of carbonyl (C=O) groups excluding carboxylic acids is 1. The van der Waals surface area contributed by atoms with Gasteiger partial charge in [0.2, 0.25) is 0 Å². The van der Waals surface area contributed by atoms with Crippen LogP contribution < -0.4 is 10.1 Å². The normalized spacial score (nSPS) is 10.6. The van der Waals surface area contributed by atoms with Crippen LogP contribution in [0, 0.1) is 0 Å². The number of thioether (sulfide) groups is 1. The van der Waals surface area contributed by atoms with Gasteiger partial charge >= 0.3 is 0 Å². The topological polar surface area (TPSA) is 51.2 Å². The quantitative estimate of drug-likeness (QED) is 0.726. The number of methoxy groups -OCH3 is 1. The van der Waals surface area contributed by atoms with Gasteiger partial charge in [0.1, 0.15) is 5.75 Å². The lowest BCUT2D eigenvalue weighted by molar-refractivity contribution is 0.102. The molecule has 0 spiro atoms. The third-order valence-electron chi connectivity index (χ3n) is 3.15. The Labute approximate surface area is 136 Å². The molecule has 0 saturated carbocycles. The fraction of sp³-hybridized carbons (Fsp3) is 0.125. The molecule has 1 amide bonds. The predicted octanol–water partition coefficient (Wildman–Crippen LogP) is 4.28. The van der Waals surface area contributed by atoms with E-state index in [0.717, 1.165) is 20.2 Å². The molecule has 2 aromatic carbocycles. The molecule has 1 N–H and O–H groups in total. The number of benzene rings is 2. The number of nitrogens with one attached hydrogen (secondary N) is 1. The third kappa shape index (κ3) is 2.93. The van der Waals surface area contributed by atoms with Gasteiger partial charge in [-0.2, -0.15) is 0 Å². The van der Waals surface area contributed by atoms with Gasteiger partial charge in [-0.25, -0.2) is 4.98 Å². The van der Waals surface area contributed by atoms with E-state index in [-0.39, 0.29) is 5.91 Å². The highest BCUT2D eigenvalue weighted by atomic mass is 32.2. The molecule has 112 valence electrons. The van der Waals surface area contributed by atoms with Gasteiger partial charge in [-0.05, 0) is 36.6 Å². The Morgan fingerprint density at radius 3 is 2.86 bits per heavy atom. The van der Waals surface area contributed by atoms with Crippen molar-refractivity contribution in [2.75, 3.05) is 18.7 Å². The second-order valence-electron chi connectivity index (χ2n) is 4.52. The van der Waals surface area contributed by atoms with E-state index in [1.807, 2.05) is 36.6 Å². The van der Waals surface area contributed by atoms with E-state index < -0.39 is 0 Å². The standard InChI is InChI=1S/C16H14N2O2S2/c1-20-13-6-4-3-5-11(13)15(19)17-10-7-8-12-14(9-10)22-16(18-12)21-2/h3-9H,1-2H3,(H,17,19). The number of carbonyl (C=O) groups is 1. The molecule has 3 aromatic rings. The minimum Gasteiger partial charge on any atom is -0.496 e. The van der Waals surface area contributed by atoms with Crippen LogP contribution in [-0.4, -0.2) is 24.3 Å². The fourth-order valence-corrected chi connectivity index (χ4v) is 3.63. The molecular formula is C16H14N2O2S2. The van der Waals surface area contributed by atoms with E-state index in [0.29, 0.717) is 11.3 Å². The van der Waals surface area contributed by atoms with Gasteiger partial charge in [-0.3, -0.25) is 4.79 Å². The molecule has 4 nitrogen and oxygen atoms in total. The van der Waals surface area contributed by atoms with E-state index in [2.05, 4.69) is 10.3 Å². The number of nitrogens with zero attached hydrogens (tertiary/aromatic N) is 1. The van der Waals surface area contributed by atoms with Crippen LogP contribution >= 0.6 is 23.1 Å². The Bertz CT molecular complexity index is 830. The number of rotatable bonds is 4. The maximum absolute atomic E-state index is 12.4. The molecule has 1 aromatic heterocycles. The summed E-state index contributed by atoms with van der Waals surface area (Å²) in [4.78, 5) is 16.9. The van der Waals surface area contributed by atoms with Gasteiger partial charge in [0.25, 0.3) is 5.91 Å². The van der Waals surface area contributed by atoms with Crippen molar-refractivity contribution in [3.8, 4) is 5.75 Å². The first-order valence-corrected chi connectivity index (χ1v) is 8.64. The van der Waals surface area contributed by atoms with Crippen LogP contribution in [0.2, 0.25) is 0 Å². The molecule has 22 heavy (non-hydrogen) atoms. The zero-order valence-corrected chi connectivity index (χ0v) is 13.8. The maximum Gasteiger partial charge on any atom is 0.259 e. The van der Waals surface area contributed by atoms with Gasteiger partial charge in [-0.1, -0.05) is 23.9 Å². The lowest BCUT2D eigenvalue weighted by Crippen LogP contribution is -2.12. The monoisotopic (exact) mass is 330 g/mol. The fourth-order valence-electron chi connectivity index (χ4n) is 2.10. The molecule has 0 saturated heterocycles. The number of fused-ring (bicyclic) bond motifs is 1. The molecule has 1 heterocycles. The first kappa shape index (κ1) is 14.9. The second-order valence-corrected chi connectivity index (χ2v) is 6.60. The van der Waals surface area contributed by atoms with Crippen LogP contribution in [0.5, 0.6) is 5.75 Å². The summed E-state index contributed by atoms with van der Waals surface area (Å²) >= 11 is 3.24. The van der Waals surface area contributed by atoms with E-state index in [1.54, 1.807) is 42.3 Å². The van der Waals surface area contributed by atoms with Gasteiger partial charge in [0, 0.05) is 5.69 Å². The number of hydrogen-bond donors (Lipinski definition) is 1. The number of para-hydroxylation sites is 1. The van der Waals surface area contributed by atoms with Crippen molar-refractivity contribution in [1.82, 2.24) is 4.98 Å². The van der Waals surface area contributed by atoms with E-state index >= 15 is 0 Å². The van der Waals surface area contributed by atoms with Crippen LogP contribution in [0.15, 0.2) is 46.8 Å². The zero-order chi connectivity index (χ0) is 15.5. The summed E-state index contributed by atoms with van der Waals surface area (Å²) < 4.78 is 7.30. The highest BCUT2D eigenvalue weighted by Crippen LogP contribution is 2.30. The van der Waals surface area contributed by atoms with Crippen molar-refractivity contribution in [3.05, 3.63) is 48.0 Å². The molecule has 3 rings (SSSR count). The molecule has 6 heteroatoms. The smallest absolute Gasteiger partial charge is 0.259 e. The number of ether oxygens (including phenoxy) is 1. The summed E-state index contributed by atoms with van der Waals surface area (Å²) in [6.45, 7) is 0. The molecule has 0 aliphatic rings. The van der Waals surface area contributed by atoms with E-state index in [9.17, 15) is 4.79 Å². The molecule has 0 aliphatic carbocycles. The molecule has 0 bridgehead atoms. The van der Waals surface area contributed by atoms with Crippen molar-refractivity contribution in [1.29, 1.82) is 0 Å². The molecule has 0 unspecified atom stereocenters. The van der Waals surface area contributed by atoms with Crippen LogP contribution in [-0.2, 0) is 0 Å². The summed E-state index contributed by atoms with van der Waals surface area (Å²) in [5.41, 5.74) is 2.21. The Hall–Kier alpha value is -2.05. The van der Waals surface area contributed by atoms with Crippen LogP contribution in [0.3, 0.4) is 0 Å². The van der Waals surface area contributed by atoms with Crippen LogP contribution in [0.4, 0.5) is 5.69 Å². The summed E-state index contributed by atoms with van der Waals surface area (Å²) in [7, 11) is 1.55.